The fraction of sp³-hybridized carbons (Fsp3) is 0.660. The maximum atomic E-state index is 16.2. The van der Waals surface area contributed by atoms with Crippen molar-refractivity contribution in [1.29, 1.82) is 10.5 Å². The zero-order valence-electron chi connectivity index (χ0n) is 39.0. The lowest BCUT2D eigenvalue weighted by molar-refractivity contribution is -0.291. The number of amides is 1. The number of carbonyl (C=O) groups is 5. The molecule has 1 amide bonds. The van der Waals surface area contributed by atoms with Gasteiger partial charge in [-0.15, -0.1) is 0 Å². The van der Waals surface area contributed by atoms with Crippen LogP contribution in [-0.4, -0.2) is 114 Å². The molecular weight excluding hydrogens is 817 g/mol. The molecule has 4 heterocycles. The number of nitrogens with zero attached hydrogens (tertiary/aromatic N) is 4. The van der Waals surface area contributed by atoms with Crippen LogP contribution in [0.1, 0.15) is 93.9 Å². The molecular formula is C50H64N4O10. The lowest BCUT2D eigenvalue weighted by Gasteiger charge is -2.67. The largest absolute Gasteiger partial charge is 0.487 e. The zero-order valence-corrected chi connectivity index (χ0v) is 39.0. The summed E-state index contributed by atoms with van der Waals surface area (Å²) in [6.07, 6.45) is 8.48. The van der Waals surface area contributed by atoms with Crippen LogP contribution in [0.3, 0.4) is 0 Å². The van der Waals surface area contributed by atoms with Crippen LogP contribution in [0.15, 0.2) is 58.4 Å². The number of likely N-dealkylation sites (N-methyl/N-ethyl adjacent to an activating group) is 1. The van der Waals surface area contributed by atoms with Crippen LogP contribution in [0.2, 0.25) is 0 Å². The lowest BCUT2D eigenvalue weighted by Crippen LogP contribution is -2.81. The molecule has 0 aromatic carbocycles. The van der Waals surface area contributed by atoms with Gasteiger partial charge in [0.15, 0.2) is 11.4 Å². The molecule has 0 radical (unpaired) electrons. The first-order valence-electron chi connectivity index (χ1n) is 22.7. The number of hydrogen-bond acceptors (Lipinski definition) is 13. The van der Waals surface area contributed by atoms with E-state index in [-0.39, 0.29) is 30.1 Å². The molecule has 14 nitrogen and oxygen atoms in total. The summed E-state index contributed by atoms with van der Waals surface area (Å²) in [6.45, 7) is 17.6. The molecule has 4 bridgehead atoms. The van der Waals surface area contributed by atoms with E-state index in [1.165, 1.54) is 12.7 Å². The van der Waals surface area contributed by atoms with E-state index >= 15 is 9.59 Å². The van der Waals surface area contributed by atoms with E-state index in [2.05, 4.69) is 23.1 Å². The Bertz CT molecular complexity index is 2200. The molecule has 8 rings (SSSR count). The number of ketones is 2. The van der Waals surface area contributed by atoms with Gasteiger partial charge in [0.25, 0.3) is 0 Å². The minimum atomic E-state index is -1.81. The van der Waals surface area contributed by atoms with E-state index in [0.717, 1.165) is 12.0 Å². The molecule has 3 saturated heterocycles. The molecule has 11 atom stereocenters. The maximum Gasteiger partial charge on any atom is 0.333 e. The van der Waals surface area contributed by atoms with Crippen molar-refractivity contribution in [3.63, 3.8) is 0 Å². The summed E-state index contributed by atoms with van der Waals surface area (Å²) in [5.41, 5.74) is -2.47. The first kappa shape index (κ1) is 47.1. The van der Waals surface area contributed by atoms with Crippen LogP contribution in [-0.2, 0) is 47.7 Å². The monoisotopic (exact) mass is 880 g/mol. The summed E-state index contributed by atoms with van der Waals surface area (Å²) in [4.78, 5) is 75.9. The van der Waals surface area contributed by atoms with Gasteiger partial charge >= 0.3 is 11.9 Å². The second-order valence-electron chi connectivity index (χ2n) is 20.3. The van der Waals surface area contributed by atoms with Crippen LogP contribution in [0.4, 0.5) is 0 Å². The van der Waals surface area contributed by atoms with E-state index in [0.29, 0.717) is 50.4 Å². The molecule has 344 valence electrons. The number of esters is 2. The molecule has 1 spiro atoms. The SMILES string of the molecule is COC(=O)C(C)=CCC12OC(C)(C)C3CC(C1=O)C(C(C#N)C#N)C1C(=O)C4C(OC(=O)CC(=O)N5CCN(C)CC5)C5=C(OC(C)(CCC=C(C)C)C=C5)C(CC=C(C)C)C4OC132. The van der Waals surface area contributed by atoms with Gasteiger partial charge in [-0.1, -0.05) is 35.5 Å². The molecule has 0 aromatic heterocycles. The summed E-state index contributed by atoms with van der Waals surface area (Å²) < 4.78 is 33.2. The fourth-order valence-corrected chi connectivity index (χ4v) is 12.1. The highest BCUT2D eigenvalue weighted by Gasteiger charge is 2.86. The van der Waals surface area contributed by atoms with E-state index in [1.54, 1.807) is 17.9 Å². The Kier molecular flexibility index (Phi) is 12.9. The van der Waals surface area contributed by atoms with Crippen molar-refractivity contribution in [2.45, 2.75) is 129 Å². The van der Waals surface area contributed by atoms with Gasteiger partial charge in [0.2, 0.25) is 5.91 Å². The van der Waals surface area contributed by atoms with Crippen molar-refractivity contribution < 1.29 is 47.7 Å². The van der Waals surface area contributed by atoms with Gasteiger partial charge < -0.3 is 33.5 Å². The smallest absolute Gasteiger partial charge is 0.333 e. The molecule has 3 saturated carbocycles. The van der Waals surface area contributed by atoms with Crippen LogP contribution in [0.25, 0.3) is 0 Å². The van der Waals surface area contributed by atoms with Gasteiger partial charge in [-0.05, 0) is 94.2 Å². The Hall–Kier alpha value is -4.89. The minimum absolute atomic E-state index is 0.137. The molecule has 11 unspecified atom stereocenters. The van der Waals surface area contributed by atoms with Crippen LogP contribution >= 0.6 is 0 Å². The summed E-state index contributed by atoms with van der Waals surface area (Å²) in [6, 6.07) is 4.21. The third-order valence-electron chi connectivity index (χ3n) is 15.1. The second-order valence-corrected chi connectivity index (χ2v) is 20.3. The van der Waals surface area contributed by atoms with Crippen molar-refractivity contribution in [3.05, 3.63) is 58.4 Å². The Morgan fingerprint density at radius 3 is 2.28 bits per heavy atom. The number of piperazine rings is 1. The van der Waals surface area contributed by atoms with Crippen molar-refractivity contribution >= 4 is 29.4 Å². The normalized spacial score (nSPS) is 35.9. The molecule has 14 heteroatoms. The van der Waals surface area contributed by atoms with Crippen molar-refractivity contribution in [2.24, 2.45) is 41.4 Å². The third kappa shape index (κ3) is 7.77. The van der Waals surface area contributed by atoms with E-state index in [1.807, 2.05) is 73.7 Å². The van der Waals surface area contributed by atoms with Gasteiger partial charge in [0, 0.05) is 67.4 Å². The molecule has 0 N–H and O–H groups in total. The van der Waals surface area contributed by atoms with Gasteiger partial charge in [-0.2, -0.15) is 10.5 Å². The number of ether oxygens (including phenoxy) is 5. The maximum absolute atomic E-state index is 16.2. The summed E-state index contributed by atoms with van der Waals surface area (Å²) >= 11 is 0. The highest BCUT2D eigenvalue weighted by molar-refractivity contribution is 6.01. The van der Waals surface area contributed by atoms with Gasteiger partial charge in [0.05, 0.1) is 42.8 Å². The quantitative estimate of drug-likeness (QED) is 0.0980. The van der Waals surface area contributed by atoms with Crippen LogP contribution in [0.5, 0.6) is 0 Å². The average molecular weight is 881 g/mol. The van der Waals surface area contributed by atoms with Crippen molar-refractivity contribution in [3.8, 4) is 12.1 Å². The Balaban J connectivity index is 1.42. The summed E-state index contributed by atoms with van der Waals surface area (Å²) in [5.74, 6) is -9.05. The van der Waals surface area contributed by atoms with Crippen LogP contribution < -0.4 is 0 Å². The van der Waals surface area contributed by atoms with Crippen molar-refractivity contribution in [1.82, 2.24) is 9.80 Å². The molecule has 6 fully saturated rings. The number of fused-ring (bicyclic) bond motifs is 1. The first-order valence-corrected chi connectivity index (χ1v) is 22.7. The average Bonchev–Trinajstić information content (AvgIpc) is 3.38. The molecule has 4 aliphatic carbocycles. The summed E-state index contributed by atoms with van der Waals surface area (Å²) in [5, 5.41) is 21.1. The minimum Gasteiger partial charge on any atom is -0.487 e. The third-order valence-corrected chi connectivity index (χ3v) is 15.1. The molecule has 64 heavy (non-hydrogen) atoms. The topological polar surface area (TPSA) is 186 Å². The molecule has 0 aromatic rings. The Morgan fingerprint density at radius 2 is 1.66 bits per heavy atom. The predicted molar refractivity (Wildman–Crippen MR) is 233 cm³/mol. The van der Waals surface area contributed by atoms with Gasteiger partial charge in [0.1, 0.15) is 41.2 Å². The number of Topliss-reactive ketones (excluding diaryl/α,β-unsaturated/α-hetero) is 2. The lowest BCUT2D eigenvalue weighted by atomic mass is 9.41. The second kappa shape index (κ2) is 17.5. The highest BCUT2D eigenvalue weighted by atomic mass is 16.6. The summed E-state index contributed by atoms with van der Waals surface area (Å²) in [7, 11) is 3.24. The highest BCUT2D eigenvalue weighted by Crippen LogP contribution is 2.73. The molecule has 8 aliphatic rings. The fourth-order valence-electron chi connectivity index (χ4n) is 12.1. The van der Waals surface area contributed by atoms with Gasteiger partial charge in [-0.3, -0.25) is 19.2 Å². The number of methoxy groups -OCH3 is 1. The van der Waals surface area contributed by atoms with Crippen molar-refractivity contribution in [2.75, 3.05) is 40.3 Å². The number of carbonyl (C=O) groups excluding carboxylic acids is 5. The van der Waals surface area contributed by atoms with E-state index in [9.17, 15) is 24.9 Å². The number of rotatable bonds is 12. The number of allylic oxidation sites excluding steroid dienone is 4. The van der Waals surface area contributed by atoms with E-state index in [4.69, 9.17) is 23.7 Å². The predicted octanol–water partition coefficient (Wildman–Crippen LogP) is 5.89. The van der Waals surface area contributed by atoms with E-state index < -0.39 is 100 Å². The standard InChI is InChI=1S/C50H64N4O10/c1-28(2)12-11-17-48(8)18-16-33-42(62-48)32(14-13-29(3)4)44-39(43(33)61-37(56)25-36(55)54-22-20-53(9)21-23-54)41(57)40-38(31(26-51)27-52)34-24-35-47(6,7)64-49(45(34)58,50(35,40)63-44)19-15-30(5)46(59)60-10/h12-13,15-16,18,31-32,34-35,38-40,43-44H,11,14,17,19-25H2,1-10H3. The molecule has 4 aliphatic heterocycles. The Morgan fingerprint density at radius 1 is 0.984 bits per heavy atom. The Labute approximate surface area is 377 Å². The zero-order chi connectivity index (χ0) is 46.7. The number of hydrogen-bond donors (Lipinski definition) is 0. The van der Waals surface area contributed by atoms with Crippen LogP contribution in [0, 0.1) is 64.1 Å². The first-order chi connectivity index (χ1) is 30.2. The number of nitriles is 2. The van der Waals surface area contributed by atoms with Gasteiger partial charge in [-0.25, -0.2) is 4.79 Å².